The molecule has 1 aliphatic heterocycles. The maximum atomic E-state index is 11.7. The summed E-state index contributed by atoms with van der Waals surface area (Å²) in [7, 11) is 1.35. The van der Waals surface area contributed by atoms with Gasteiger partial charge in [-0.25, -0.2) is 4.79 Å². The number of methoxy groups -OCH3 is 1. The molecule has 0 bridgehead atoms. The largest absolute Gasteiger partial charge is 0.465 e. The Morgan fingerprint density at radius 1 is 1.38 bits per heavy atom. The molecule has 0 N–H and O–H groups in total. The summed E-state index contributed by atoms with van der Waals surface area (Å²) in [5.41, 5.74) is 1.62. The van der Waals surface area contributed by atoms with Gasteiger partial charge in [-0.2, -0.15) is 0 Å². The van der Waals surface area contributed by atoms with Crippen LogP contribution in [-0.2, 0) is 20.7 Å². The fourth-order valence-corrected chi connectivity index (χ4v) is 2.57. The van der Waals surface area contributed by atoms with Crippen LogP contribution >= 0.6 is 0 Å². The molecule has 1 aliphatic rings. The second kappa shape index (κ2) is 7.02. The predicted octanol–water partition coefficient (Wildman–Crippen LogP) is 1.60. The van der Waals surface area contributed by atoms with E-state index >= 15 is 0 Å². The van der Waals surface area contributed by atoms with Gasteiger partial charge < -0.3 is 14.4 Å². The Labute approximate surface area is 123 Å². The number of aryl methyl sites for hydroxylation is 1. The van der Waals surface area contributed by atoms with Crippen LogP contribution in [0.4, 0.5) is 0 Å². The lowest BCUT2D eigenvalue weighted by Crippen LogP contribution is -2.34. The summed E-state index contributed by atoms with van der Waals surface area (Å²) in [6, 6.07) is 6.98. The van der Waals surface area contributed by atoms with Gasteiger partial charge in [-0.3, -0.25) is 4.79 Å². The second-order valence-electron chi connectivity index (χ2n) is 5.12. The average molecular weight is 289 g/mol. The third kappa shape index (κ3) is 3.68. The van der Waals surface area contributed by atoms with E-state index in [9.17, 15) is 14.4 Å². The molecule has 1 fully saturated rings. The Morgan fingerprint density at radius 2 is 2.10 bits per heavy atom. The zero-order valence-corrected chi connectivity index (χ0v) is 12.1. The molecule has 1 atom stereocenters. The molecular weight excluding hydrogens is 270 g/mol. The van der Waals surface area contributed by atoms with E-state index in [2.05, 4.69) is 4.74 Å². The lowest BCUT2D eigenvalue weighted by atomic mass is 10.1. The standard InChI is InChI=1S/C16H19NO4/c1-21-16(20)13-6-4-12(5-7-13)3-2-10-17-14(11-18)8-9-15(17)19/h4-7,11,14H,2-3,8-10H2,1H3. The van der Waals surface area contributed by atoms with Gasteiger partial charge in [0.15, 0.2) is 0 Å². The first-order valence-corrected chi connectivity index (χ1v) is 7.07. The smallest absolute Gasteiger partial charge is 0.337 e. The van der Waals surface area contributed by atoms with Crippen molar-refractivity contribution in [2.75, 3.05) is 13.7 Å². The molecule has 5 heteroatoms. The van der Waals surface area contributed by atoms with Crippen molar-refractivity contribution in [1.82, 2.24) is 4.90 Å². The lowest BCUT2D eigenvalue weighted by Gasteiger charge is -2.20. The van der Waals surface area contributed by atoms with E-state index in [1.807, 2.05) is 12.1 Å². The normalized spacial score (nSPS) is 17.9. The average Bonchev–Trinajstić information content (AvgIpc) is 2.87. The highest BCUT2D eigenvalue weighted by molar-refractivity contribution is 5.89. The van der Waals surface area contributed by atoms with Crippen LogP contribution in [0.2, 0.25) is 0 Å². The van der Waals surface area contributed by atoms with Gasteiger partial charge in [0.05, 0.1) is 18.7 Å². The van der Waals surface area contributed by atoms with Crippen LogP contribution in [0.25, 0.3) is 0 Å². The van der Waals surface area contributed by atoms with Crippen molar-refractivity contribution in [3.8, 4) is 0 Å². The van der Waals surface area contributed by atoms with Crippen molar-refractivity contribution >= 4 is 18.2 Å². The third-order valence-electron chi connectivity index (χ3n) is 3.77. The number of hydrogen-bond acceptors (Lipinski definition) is 4. The molecule has 0 saturated carbocycles. The molecule has 0 aliphatic carbocycles. The number of carbonyl (C=O) groups excluding carboxylic acids is 3. The highest BCUT2D eigenvalue weighted by Crippen LogP contribution is 2.18. The molecule has 1 amide bonds. The van der Waals surface area contributed by atoms with E-state index in [4.69, 9.17) is 0 Å². The number of benzene rings is 1. The summed E-state index contributed by atoms with van der Waals surface area (Å²) in [5, 5.41) is 0. The van der Waals surface area contributed by atoms with Crippen LogP contribution < -0.4 is 0 Å². The zero-order valence-electron chi connectivity index (χ0n) is 12.1. The number of nitrogens with zero attached hydrogens (tertiary/aromatic N) is 1. The summed E-state index contributed by atoms with van der Waals surface area (Å²) in [5.74, 6) is -0.286. The van der Waals surface area contributed by atoms with E-state index in [1.54, 1.807) is 17.0 Å². The van der Waals surface area contributed by atoms with Gasteiger partial charge in [-0.1, -0.05) is 12.1 Å². The number of likely N-dealkylation sites (tertiary alicyclic amines) is 1. The van der Waals surface area contributed by atoms with E-state index in [-0.39, 0.29) is 17.9 Å². The van der Waals surface area contributed by atoms with Crippen molar-refractivity contribution in [3.63, 3.8) is 0 Å². The number of esters is 1. The topological polar surface area (TPSA) is 63.7 Å². The molecule has 0 aromatic heterocycles. The summed E-state index contributed by atoms with van der Waals surface area (Å²) >= 11 is 0. The van der Waals surface area contributed by atoms with Crippen LogP contribution in [0.15, 0.2) is 24.3 Å². The first-order valence-electron chi connectivity index (χ1n) is 7.07. The van der Waals surface area contributed by atoms with Gasteiger partial charge in [0.1, 0.15) is 6.29 Å². The van der Waals surface area contributed by atoms with Gasteiger partial charge in [0, 0.05) is 13.0 Å². The minimum Gasteiger partial charge on any atom is -0.465 e. The quantitative estimate of drug-likeness (QED) is 0.589. The fraction of sp³-hybridized carbons (Fsp3) is 0.438. The van der Waals surface area contributed by atoms with Crippen LogP contribution in [0.3, 0.4) is 0 Å². The van der Waals surface area contributed by atoms with Crippen LogP contribution in [0.1, 0.15) is 35.2 Å². The van der Waals surface area contributed by atoms with Gasteiger partial charge in [0.2, 0.25) is 5.91 Å². The minimum absolute atomic E-state index is 0.0631. The number of rotatable bonds is 6. The van der Waals surface area contributed by atoms with Gasteiger partial charge in [0.25, 0.3) is 0 Å². The molecule has 5 nitrogen and oxygen atoms in total. The number of ether oxygens (including phenoxy) is 1. The van der Waals surface area contributed by atoms with Gasteiger partial charge >= 0.3 is 5.97 Å². The molecule has 1 heterocycles. The molecule has 0 radical (unpaired) electrons. The number of carbonyl (C=O) groups is 3. The number of hydrogen-bond donors (Lipinski definition) is 0. The van der Waals surface area contributed by atoms with E-state index < -0.39 is 0 Å². The highest BCUT2D eigenvalue weighted by Gasteiger charge is 2.29. The Balaban J connectivity index is 1.84. The molecular formula is C16H19NO4. The number of amides is 1. The lowest BCUT2D eigenvalue weighted by molar-refractivity contribution is -0.131. The maximum absolute atomic E-state index is 11.7. The van der Waals surface area contributed by atoms with Crippen molar-refractivity contribution in [1.29, 1.82) is 0 Å². The molecule has 21 heavy (non-hydrogen) atoms. The van der Waals surface area contributed by atoms with Gasteiger partial charge in [-0.05, 0) is 37.0 Å². The minimum atomic E-state index is -0.349. The van der Waals surface area contributed by atoms with E-state index in [1.165, 1.54) is 7.11 Å². The first-order chi connectivity index (χ1) is 10.2. The molecule has 2 rings (SSSR count). The second-order valence-corrected chi connectivity index (χ2v) is 5.12. The Hall–Kier alpha value is -2.17. The van der Waals surface area contributed by atoms with E-state index in [0.717, 1.165) is 24.7 Å². The van der Waals surface area contributed by atoms with Gasteiger partial charge in [-0.15, -0.1) is 0 Å². The summed E-state index contributed by atoms with van der Waals surface area (Å²) in [6.45, 7) is 0.598. The Bertz CT molecular complexity index is 524. The molecule has 0 spiro atoms. The fourth-order valence-electron chi connectivity index (χ4n) is 2.57. The third-order valence-corrected chi connectivity index (χ3v) is 3.77. The molecule has 112 valence electrons. The molecule has 1 unspecified atom stereocenters. The van der Waals surface area contributed by atoms with Crippen LogP contribution in [-0.4, -0.2) is 42.8 Å². The zero-order chi connectivity index (χ0) is 15.2. The van der Waals surface area contributed by atoms with Crippen LogP contribution in [0, 0.1) is 0 Å². The summed E-state index contributed by atoms with van der Waals surface area (Å²) < 4.78 is 4.64. The number of aldehydes is 1. The predicted molar refractivity (Wildman–Crippen MR) is 76.9 cm³/mol. The maximum Gasteiger partial charge on any atom is 0.337 e. The SMILES string of the molecule is COC(=O)c1ccc(CCCN2C(=O)CCC2C=O)cc1. The Morgan fingerprint density at radius 3 is 2.71 bits per heavy atom. The summed E-state index contributed by atoms with van der Waals surface area (Å²) in [4.78, 5) is 35.5. The van der Waals surface area contributed by atoms with Crippen molar-refractivity contribution in [2.45, 2.75) is 31.7 Å². The van der Waals surface area contributed by atoms with Crippen molar-refractivity contribution in [2.24, 2.45) is 0 Å². The van der Waals surface area contributed by atoms with Crippen LogP contribution in [0.5, 0.6) is 0 Å². The van der Waals surface area contributed by atoms with Crippen molar-refractivity contribution in [3.05, 3.63) is 35.4 Å². The first kappa shape index (κ1) is 15.2. The molecule has 1 aromatic carbocycles. The molecule has 1 aromatic rings. The Kier molecular flexibility index (Phi) is 5.09. The van der Waals surface area contributed by atoms with E-state index in [0.29, 0.717) is 24.9 Å². The molecule has 1 saturated heterocycles. The monoisotopic (exact) mass is 289 g/mol. The van der Waals surface area contributed by atoms with Crippen molar-refractivity contribution < 1.29 is 19.1 Å². The highest BCUT2D eigenvalue weighted by atomic mass is 16.5. The summed E-state index contributed by atoms with van der Waals surface area (Å²) in [6.07, 6.45) is 3.56.